The summed E-state index contributed by atoms with van der Waals surface area (Å²) in [5.74, 6) is 0.0816. The topological polar surface area (TPSA) is 37.9 Å². The van der Waals surface area contributed by atoms with Gasteiger partial charge < -0.3 is 4.74 Å². The number of H-pyrrole nitrogens is 1. The summed E-state index contributed by atoms with van der Waals surface area (Å²) in [7, 11) is 0. The number of nitrogens with one attached hydrogen (secondary N) is 1. The molecule has 0 bridgehead atoms. The van der Waals surface area contributed by atoms with E-state index in [1.807, 2.05) is 0 Å². The number of hydrogen-bond acceptors (Lipinski definition) is 2. The van der Waals surface area contributed by atoms with Crippen LogP contribution in [0.15, 0.2) is 30.5 Å². The van der Waals surface area contributed by atoms with Gasteiger partial charge in [-0.05, 0) is 12.1 Å². The third-order valence-corrected chi connectivity index (χ3v) is 2.23. The number of alkyl halides is 2. The number of nitrogens with zero attached hydrogens (tertiary/aromatic N) is 1. The molecule has 0 amide bonds. The molecule has 0 atom stereocenters. The van der Waals surface area contributed by atoms with Crippen molar-refractivity contribution in [1.82, 2.24) is 10.2 Å². The quantitative estimate of drug-likeness (QED) is 0.899. The maximum absolute atomic E-state index is 12.0. The van der Waals surface area contributed by atoms with Gasteiger partial charge in [0.05, 0.1) is 16.9 Å². The smallest absolute Gasteiger partial charge is 0.387 e. The van der Waals surface area contributed by atoms with Crippen molar-refractivity contribution in [3.63, 3.8) is 0 Å². The van der Waals surface area contributed by atoms with Crippen LogP contribution in [-0.4, -0.2) is 16.8 Å². The fourth-order valence-electron chi connectivity index (χ4n) is 1.30. The molecule has 0 aliphatic heterocycles. The lowest BCUT2D eigenvalue weighted by Crippen LogP contribution is -2.01. The fraction of sp³-hybridized carbons (Fsp3) is 0.100. The molecule has 0 saturated heterocycles. The third kappa shape index (κ3) is 2.30. The van der Waals surface area contributed by atoms with Gasteiger partial charge in [-0.25, -0.2) is 0 Å². The number of ether oxygens (including phenoxy) is 1. The first kappa shape index (κ1) is 10.9. The Morgan fingerprint density at radius 1 is 1.38 bits per heavy atom. The zero-order chi connectivity index (χ0) is 11.5. The van der Waals surface area contributed by atoms with E-state index in [0.717, 1.165) is 0 Å². The minimum absolute atomic E-state index is 0.0816. The zero-order valence-electron chi connectivity index (χ0n) is 7.95. The van der Waals surface area contributed by atoms with Crippen LogP contribution in [0.4, 0.5) is 8.78 Å². The van der Waals surface area contributed by atoms with E-state index in [4.69, 9.17) is 11.6 Å². The van der Waals surface area contributed by atoms with Crippen molar-refractivity contribution in [2.45, 2.75) is 6.61 Å². The number of aromatic nitrogens is 2. The van der Waals surface area contributed by atoms with Crippen molar-refractivity contribution < 1.29 is 13.5 Å². The van der Waals surface area contributed by atoms with Crippen LogP contribution >= 0.6 is 11.6 Å². The monoisotopic (exact) mass is 244 g/mol. The van der Waals surface area contributed by atoms with E-state index >= 15 is 0 Å². The molecule has 0 aliphatic rings. The van der Waals surface area contributed by atoms with E-state index in [9.17, 15) is 8.78 Å². The number of aromatic amines is 1. The van der Waals surface area contributed by atoms with Crippen molar-refractivity contribution in [1.29, 1.82) is 0 Å². The maximum atomic E-state index is 12.0. The summed E-state index contributed by atoms with van der Waals surface area (Å²) in [6, 6.07) is 6.23. The Bertz CT molecular complexity index is 487. The minimum Gasteiger partial charge on any atom is -0.435 e. The van der Waals surface area contributed by atoms with Gasteiger partial charge in [-0.3, -0.25) is 5.10 Å². The van der Waals surface area contributed by atoms with E-state index < -0.39 is 6.61 Å². The highest BCUT2D eigenvalue weighted by molar-refractivity contribution is 6.32. The number of hydrogen-bond donors (Lipinski definition) is 1. The Morgan fingerprint density at radius 2 is 2.19 bits per heavy atom. The van der Waals surface area contributed by atoms with Crippen molar-refractivity contribution in [3.8, 4) is 17.0 Å². The number of halogens is 3. The molecule has 16 heavy (non-hydrogen) atoms. The molecule has 0 fully saturated rings. The molecule has 2 aromatic rings. The maximum Gasteiger partial charge on any atom is 0.387 e. The Labute approximate surface area is 95.0 Å². The van der Waals surface area contributed by atoms with Gasteiger partial charge in [0.1, 0.15) is 5.75 Å². The second-order valence-electron chi connectivity index (χ2n) is 3.00. The first-order valence-corrected chi connectivity index (χ1v) is 4.79. The highest BCUT2D eigenvalue weighted by Gasteiger charge is 2.08. The van der Waals surface area contributed by atoms with E-state index in [2.05, 4.69) is 14.9 Å². The Balaban J connectivity index is 2.33. The van der Waals surface area contributed by atoms with Crippen molar-refractivity contribution >= 4 is 11.6 Å². The highest BCUT2D eigenvalue weighted by Crippen LogP contribution is 2.28. The summed E-state index contributed by atoms with van der Waals surface area (Å²) in [6.07, 6.45) is 1.44. The van der Waals surface area contributed by atoms with Crippen LogP contribution in [0, 0.1) is 0 Å². The van der Waals surface area contributed by atoms with Crippen molar-refractivity contribution in [3.05, 3.63) is 35.5 Å². The Morgan fingerprint density at radius 3 is 2.81 bits per heavy atom. The largest absolute Gasteiger partial charge is 0.435 e. The molecule has 1 heterocycles. The van der Waals surface area contributed by atoms with E-state index in [0.29, 0.717) is 16.3 Å². The van der Waals surface area contributed by atoms with Crippen LogP contribution in [0.1, 0.15) is 0 Å². The van der Waals surface area contributed by atoms with Gasteiger partial charge in [-0.2, -0.15) is 13.9 Å². The van der Waals surface area contributed by atoms with Gasteiger partial charge in [0.25, 0.3) is 0 Å². The summed E-state index contributed by atoms with van der Waals surface area (Å²) < 4.78 is 28.3. The van der Waals surface area contributed by atoms with Crippen molar-refractivity contribution in [2.75, 3.05) is 0 Å². The summed E-state index contributed by atoms with van der Waals surface area (Å²) in [4.78, 5) is 0. The lowest BCUT2D eigenvalue weighted by molar-refractivity contribution is -0.0498. The third-order valence-electron chi connectivity index (χ3n) is 1.94. The molecule has 1 N–H and O–H groups in total. The second-order valence-corrected chi connectivity index (χ2v) is 3.41. The molecule has 0 unspecified atom stereocenters. The summed E-state index contributed by atoms with van der Waals surface area (Å²) in [5, 5.41) is 6.85. The number of benzene rings is 1. The molecule has 0 saturated carbocycles. The normalized spacial score (nSPS) is 10.8. The van der Waals surface area contributed by atoms with Gasteiger partial charge in [0.15, 0.2) is 0 Å². The first-order valence-electron chi connectivity index (χ1n) is 4.41. The summed E-state index contributed by atoms with van der Waals surface area (Å²) in [6.45, 7) is -2.84. The van der Waals surface area contributed by atoms with Gasteiger partial charge in [0.2, 0.25) is 0 Å². The Hall–Kier alpha value is -1.62. The molecular weight excluding hydrogens is 238 g/mol. The average molecular weight is 245 g/mol. The zero-order valence-corrected chi connectivity index (χ0v) is 8.71. The van der Waals surface area contributed by atoms with E-state index in [1.165, 1.54) is 18.3 Å². The highest BCUT2D eigenvalue weighted by atomic mass is 35.5. The van der Waals surface area contributed by atoms with Crippen LogP contribution in [0.2, 0.25) is 5.02 Å². The summed E-state index contributed by atoms with van der Waals surface area (Å²) >= 11 is 5.85. The second kappa shape index (κ2) is 4.49. The van der Waals surface area contributed by atoms with Crippen molar-refractivity contribution in [2.24, 2.45) is 0 Å². The molecule has 6 heteroatoms. The van der Waals surface area contributed by atoms with Crippen LogP contribution in [-0.2, 0) is 0 Å². The average Bonchev–Trinajstić information content (AvgIpc) is 2.64. The molecule has 3 nitrogen and oxygen atoms in total. The lowest BCUT2D eigenvalue weighted by Gasteiger charge is -2.05. The summed E-state index contributed by atoms with van der Waals surface area (Å²) in [5.41, 5.74) is 1.21. The molecule has 84 valence electrons. The van der Waals surface area contributed by atoms with E-state index in [-0.39, 0.29) is 5.75 Å². The van der Waals surface area contributed by atoms with Crippen LogP contribution in [0.25, 0.3) is 11.3 Å². The van der Waals surface area contributed by atoms with E-state index in [1.54, 1.807) is 12.1 Å². The predicted octanol–water partition coefficient (Wildman–Crippen LogP) is 3.33. The van der Waals surface area contributed by atoms with Gasteiger partial charge in [0, 0.05) is 5.56 Å². The molecular formula is C10H7ClF2N2O. The van der Waals surface area contributed by atoms with Gasteiger partial charge in [-0.1, -0.05) is 23.7 Å². The minimum atomic E-state index is -2.84. The molecule has 0 aliphatic carbocycles. The van der Waals surface area contributed by atoms with Crippen LogP contribution in [0.3, 0.4) is 0 Å². The van der Waals surface area contributed by atoms with Crippen LogP contribution < -0.4 is 4.74 Å². The molecule has 1 aromatic heterocycles. The SMILES string of the molecule is FC(F)Oc1cccc(-c2[nH]ncc2Cl)c1. The molecule has 0 radical (unpaired) electrons. The standard InChI is InChI=1S/C10H7ClF2N2O/c11-8-5-14-15-9(8)6-2-1-3-7(4-6)16-10(12)13/h1-5,10H,(H,14,15). The van der Waals surface area contributed by atoms with Gasteiger partial charge >= 0.3 is 6.61 Å². The first-order chi connectivity index (χ1) is 7.66. The predicted molar refractivity (Wildman–Crippen MR) is 55.7 cm³/mol. The van der Waals surface area contributed by atoms with Crippen LogP contribution in [0.5, 0.6) is 5.75 Å². The fourth-order valence-corrected chi connectivity index (χ4v) is 1.50. The lowest BCUT2D eigenvalue weighted by atomic mass is 10.1. The number of rotatable bonds is 3. The molecule has 0 spiro atoms. The molecule has 2 rings (SSSR count). The van der Waals surface area contributed by atoms with Gasteiger partial charge in [-0.15, -0.1) is 0 Å². The molecule has 1 aromatic carbocycles. The Kier molecular flexibility index (Phi) is 3.05.